The van der Waals surface area contributed by atoms with E-state index in [1.54, 1.807) is 24.3 Å². The highest BCUT2D eigenvalue weighted by Crippen LogP contribution is 2.25. The Morgan fingerprint density at radius 2 is 2.04 bits per heavy atom. The van der Waals surface area contributed by atoms with Crippen molar-refractivity contribution in [1.82, 2.24) is 9.88 Å². The zero-order valence-electron chi connectivity index (χ0n) is 13.1. The number of aromatic nitrogens is 1. The Hall–Kier alpha value is -1.83. The van der Waals surface area contributed by atoms with Gasteiger partial charge in [-0.25, -0.2) is 4.98 Å². The third-order valence-electron chi connectivity index (χ3n) is 3.08. The monoisotopic (exact) mass is 445 g/mol. The van der Waals surface area contributed by atoms with Gasteiger partial charge in [0.1, 0.15) is 4.60 Å². The van der Waals surface area contributed by atoms with Gasteiger partial charge in [-0.05, 0) is 28.1 Å². The molecule has 0 aliphatic carbocycles. The second-order valence-electron chi connectivity index (χ2n) is 5.01. The van der Waals surface area contributed by atoms with Crippen LogP contribution in [0.5, 0.6) is 5.75 Å². The van der Waals surface area contributed by atoms with Gasteiger partial charge in [-0.1, -0.05) is 35.3 Å². The van der Waals surface area contributed by atoms with Crippen molar-refractivity contribution in [3.05, 3.63) is 51.2 Å². The van der Waals surface area contributed by atoms with E-state index in [2.05, 4.69) is 26.2 Å². The molecule has 0 fully saturated rings. The summed E-state index contributed by atoms with van der Waals surface area (Å²) in [6.45, 7) is -0.390. The molecule has 0 atom stereocenters. The molecular formula is C16H14BrCl2N3O3. The Balaban J connectivity index is 1.86. The first-order chi connectivity index (χ1) is 11.9. The minimum atomic E-state index is -0.374. The number of amides is 2. The lowest BCUT2D eigenvalue weighted by Crippen LogP contribution is -2.37. The molecule has 132 valence electrons. The molecule has 0 radical (unpaired) electrons. The molecule has 0 saturated carbocycles. The summed E-state index contributed by atoms with van der Waals surface area (Å²) < 4.78 is 5.82. The van der Waals surface area contributed by atoms with E-state index in [-0.39, 0.29) is 25.0 Å². The number of pyridine rings is 1. The van der Waals surface area contributed by atoms with Crippen LogP contribution in [0.3, 0.4) is 0 Å². The van der Waals surface area contributed by atoms with Crippen molar-refractivity contribution < 1.29 is 14.3 Å². The van der Waals surface area contributed by atoms with Crippen LogP contribution in [0.4, 0.5) is 5.69 Å². The maximum Gasteiger partial charge on any atom is 0.260 e. The number of para-hydroxylation sites is 1. The van der Waals surface area contributed by atoms with Gasteiger partial charge in [0.15, 0.2) is 12.4 Å². The van der Waals surface area contributed by atoms with Crippen molar-refractivity contribution in [2.75, 3.05) is 25.5 Å². The number of benzene rings is 1. The fourth-order valence-corrected chi connectivity index (χ4v) is 2.47. The SMILES string of the molecule is CN(CC(=O)Nc1ccccc1Cl)C(=O)COc1cc(Cl)cnc1Br. The van der Waals surface area contributed by atoms with Crippen LogP contribution in [0, 0.1) is 0 Å². The van der Waals surface area contributed by atoms with Crippen molar-refractivity contribution in [3.8, 4) is 5.75 Å². The van der Waals surface area contributed by atoms with E-state index in [4.69, 9.17) is 27.9 Å². The van der Waals surface area contributed by atoms with Gasteiger partial charge in [-0.15, -0.1) is 0 Å². The second-order valence-corrected chi connectivity index (χ2v) is 6.60. The number of ether oxygens (including phenoxy) is 1. The van der Waals surface area contributed by atoms with Crippen LogP contribution in [0.15, 0.2) is 41.1 Å². The lowest BCUT2D eigenvalue weighted by atomic mass is 10.3. The molecule has 6 nitrogen and oxygen atoms in total. The van der Waals surface area contributed by atoms with E-state index in [0.717, 1.165) is 0 Å². The smallest absolute Gasteiger partial charge is 0.260 e. The Kier molecular flexibility index (Phi) is 7.04. The zero-order valence-corrected chi connectivity index (χ0v) is 16.2. The van der Waals surface area contributed by atoms with Crippen molar-refractivity contribution in [2.45, 2.75) is 0 Å². The van der Waals surface area contributed by atoms with E-state index in [1.165, 1.54) is 24.2 Å². The standard InChI is InChI=1S/C16H14BrCl2N3O3/c1-22(8-14(23)21-12-5-3-2-4-11(12)19)15(24)9-25-13-6-10(18)7-20-16(13)17/h2-7H,8-9H2,1H3,(H,21,23). The molecule has 0 bridgehead atoms. The average Bonchev–Trinajstić information content (AvgIpc) is 2.57. The topological polar surface area (TPSA) is 71.5 Å². The van der Waals surface area contributed by atoms with Crippen molar-refractivity contribution in [1.29, 1.82) is 0 Å². The number of hydrogen-bond donors (Lipinski definition) is 1. The van der Waals surface area contributed by atoms with Gasteiger partial charge in [0.2, 0.25) is 5.91 Å². The number of hydrogen-bond acceptors (Lipinski definition) is 4. The van der Waals surface area contributed by atoms with Crippen LogP contribution < -0.4 is 10.1 Å². The summed E-state index contributed by atoms with van der Waals surface area (Å²) in [6.07, 6.45) is 1.45. The van der Waals surface area contributed by atoms with E-state index in [1.807, 2.05) is 0 Å². The molecule has 9 heteroatoms. The van der Waals surface area contributed by atoms with Crippen molar-refractivity contribution in [3.63, 3.8) is 0 Å². The molecule has 1 N–H and O–H groups in total. The number of nitrogens with zero attached hydrogens (tertiary/aromatic N) is 2. The van der Waals surface area contributed by atoms with E-state index < -0.39 is 0 Å². The van der Waals surface area contributed by atoms with Gasteiger partial charge in [0.05, 0.1) is 22.3 Å². The number of likely N-dealkylation sites (N-methyl/N-ethyl adjacent to an activating group) is 1. The molecule has 1 aromatic heterocycles. The average molecular weight is 447 g/mol. The predicted octanol–water partition coefficient (Wildman–Crippen LogP) is 3.63. The van der Waals surface area contributed by atoms with Crippen LogP contribution in [0.1, 0.15) is 0 Å². The molecule has 0 aliphatic rings. The van der Waals surface area contributed by atoms with Gasteiger partial charge in [-0.2, -0.15) is 0 Å². The molecule has 2 amide bonds. The van der Waals surface area contributed by atoms with Crippen molar-refractivity contribution in [2.24, 2.45) is 0 Å². The number of halogens is 3. The summed E-state index contributed by atoms with van der Waals surface area (Å²) >= 11 is 15.0. The highest BCUT2D eigenvalue weighted by Gasteiger charge is 2.15. The first-order valence-electron chi connectivity index (χ1n) is 7.09. The lowest BCUT2D eigenvalue weighted by molar-refractivity contribution is -0.135. The van der Waals surface area contributed by atoms with Crippen LogP contribution in [0.25, 0.3) is 0 Å². The largest absolute Gasteiger partial charge is 0.481 e. The summed E-state index contributed by atoms with van der Waals surface area (Å²) in [5.74, 6) is -0.398. The van der Waals surface area contributed by atoms with Gasteiger partial charge in [0.25, 0.3) is 5.91 Å². The van der Waals surface area contributed by atoms with Crippen LogP contribution in [-0.2, 0) is 9.59 Å². The molecule has 0 saturated heterocycles. The summed E-state index contributed by atoms with van der Waals surface area (Å²) in [6, 6.07) is 8.39. The quantitative estimate of drug-likeness (QED) is 0.687. The van der Waals surface area contributed by atoms with E-state index in [0.29, 0.717) is 26.1 Å². The van der Waals surface area contributed by atoms with E-state index in [9.17, 15) is 9.59 Å². The first-order valence-corrected chi connectivity index (χ1v) is 8.64. The fourth-order valence-electron chi connectivity index (χ4n) is 1.81. The second kappa shape index (κ2) is 9.03. The highest BCUT2D eigenvalue weighted by molar-refractivity contribution is 9.10. The maximum atomic E-state index is 12.1. The van der Waals surface area contributed by atoms with Gasteiger partial charge >= 0.3 is 0 Å². The van der Waals surface area contributed by atoms with Crippen LogP contribution >= 0.6 is 39.1 Å². The molecule has 0 aliphatic heterocycles. The molecule has 1 aromatic carbocycles. The first kappa shape index (κ1) is 19.5. The third kappa shape index (κ3) is 5.88. The Morgan fingerprint density at radius 1 is 1.32 bits per heavy atom. The normalized spacial score (nSPS) is 10.2. The van der Waals surface area contributed by atoms with Gasteiger partial charge < -0.3 is 15.0 Å². The van der Waals surface area contributed by atoms with E-state index >= 15 is 0 Å². The number of nitrogens with one attached hydrogen (secondary N) is 1. The van der Waals surface area contributed by atoms with Crippen LogP contribution in [-0.4, -0.2) is 41.9 Å². The number of carbonyl (C=O) groups is 2. The minimum absolute atomic E-state index is 0.137. The minimum Gasteiger partial charge on any atom is -0.481 e. The number of anilines is 1. The Bertz CT molecular complexity index is 789. The molecule has 0 spiro atoms. The summed E-state index contributed by atoms with van der Waals surface area (Å²) in [7, 11) is 1.50. The predicted molar refractivity (Wildman–Crippen MR) is 100 cm³/mol. The fraction of sp³-hybridized carbons (Fsp3) is 0.188. The number of carbonyl (C=O) groups excluding carboxylic acids is 2. The van der Waals surface area contributed by atoms with Gasteiger partial charge in [0, 0.05) is 19.3 Å². The summed E-state index contributed by atoms with van der Waals surface area (Å²) in [4.78, 5) is 29.3. The molecule has 0 unspecified atom stereocenters. The Morgan fingerprint density at radius 3 is 2.76 bits per heavy atom. The molecular weight excluding hydrogens is 433 g/mol. The molecule has 1 heterocycles. The molecule has 2 aromatic rings. The molecule has 2 rings (SSSR count). The summed E-state index contributed by atoms with van der Waals surface area (Å²) in [5.41, 5.74) is 0.486. The van der Waals surface area contributed by atoms with Gasteiger partial charge in [-0.3, -0.25) is 9.59 Å². The van der Waals surface area contributed by atoms with Crippen LogP contribution in [0.2, 0.25) is 10.0 Å². The lowest BCUT2D eigenvalue weighted by Gasteiger charge is -2.17. The van der Waals surface area contributed by atoms with Crippen molar-refractivity contribution >= 4 is 56.6 Å². The zero-order chi connectivity index (χ0) is 18.4. The highest BCUT2D eigenvalue weighted by atomic mass is 79.9. The molecule has 25 heavy (non-hydrogen) atoms. The summed E-state index contributed by atoms with van der Waals surface area (Å²) in [5, 5.41) is 3.46. The maximum absolute atomic E-state index is 12.1. The Labute approximate surface area is 163 Å². The number of rotatable bonds is 6. The third-order valence-corrected chi connectivity index (χ3v) is 4.21.